The van der Waals surface area contributed by atoms with Crippen molar-refractivity contribution in [1.29, 1.82) is 0 Å². The van der Waals surface area contributed by atoms with E-state index < -0.39 is 0 Å². The monoisotopic (exact) mass is 266 g/mol. The Bertz CT molecular complexity index is 297. The standard InChI is InChI=1S/C16H30N2O/c1-3-8-16(9-5-10-18-16)15(19)17-12-14-7-4-6-13(2)11-14/h13-14,18H,3-12H2,1-2H3,(H,17,19). The molecule has 2 rings (SSSR count). The van der Waals surface area contributed by atoms with E-state index in [1.165, 1.54) is 25.7 Å². The number of hydrogen-bond donors (Lipinski definition) is 2. The first-order valence-corrected chi connectivity index (χ1v) is 8.19. The van der Waals surface area contributed by atoms with Gasteiger partial charge in [0.25, 0.3) is 0 Å². The lowest BCUT2D eigenvalue weighted by molar-refractivity contribution is -0.127. The van der Waals surface area contributed by atoms with Gasteiger partial charge in [0.15, 0.2) is 0 Å². The van der Waals surface area contributed by atoms with E-state index in [0.29, 0.717) is 5.92 Å². The molecule has 0 aromatic carbocycles. The molecule has 19 heavy (non-hydrogen) atoms. The fourth-order valence-corrected chi connectivity index (χ4v) is 3.91. The van der Waals surface area contributed by atoms with E-state index in [1.807, 2.05) is 0 Å². The van der Waals surface area contributed by atoms with Crippen LogP contribution in [0.4, 0.5) is 0 Å². The average Bonchev–Trinajstić information content (AvgIpc) is 2.86. The first-order valence-electron chi connectivity index (χ1n) is 8.19. The highest BCUT2D eigenvalue weighted by Crippen LogP contribution is 2.29. The van der Waals surface area contributed by atoms with E-state index in [4.69, 9.17) is 0 Å². The highest BCUT2D eigenvalue weighted by molar-refractivity contribution is 5.86. The van der Waals surface area contributed by atoms with E-state index in [0.717, 1.165) is 44.7 Å². The van der Waals surface area contributed by atoms with Gasteiger partial charge in [-0.1, -0.05) is 33.1 Å². The van der Waals surface area contributed by atoms with Gasteiger partial charge in [0.1, 0.15) is 0 Å². The molecule has 1 amide bonds. The zero-order valence-corrected chi connectivity index (χ0v) is 12.6. The Morgan fingerprint density at radius 2 is 2.21 bits per heavy atom. The van der Waals surface area contributed by atoms with E-state index >= 15 is 0 Å². The van der Waals surface area contributed by atoms with Crippen molar-refractivity contribution in [2.24, 2.45) is 11.8 Å². The van der Waals surface area contributed by atoms with Crippen molar-refractivity contribution in [3.63, 3.8) is 0 Å². The molecule has 3 nitrogen and oxygen atoms in total. The van der Waals surface area contributed by atoms with Crippen LogP contribution < -0.4 is 10.6 Å². The number of carbonyl (C=O) groups is 1. The summed E-state index contributed by atoms with van der Waals surface area (Å²) in [7, 11) is 0. The molecule has 1 aliphatic carbocycles. The molecule has 3 unspecified atom stereocenters. The van der Waals surface area contributed by atoms with Crippen LogP contribution in [0.25, 0.3) is 0 Å². The Balaban J connectivity index is 1.82. The van der Waals surface area contributed by atoms with Crippen molar-refractivity contribution in [3.8, 4) is 0 Å². The van der Waals surface area contributed by atoms with Crippen LogP contribution in [0.3, 0.4) is 0 Å². The van der Waals surface area contributed by atoms with Gasteiger partial charge in [-0.05, 0) is 50.5 Å². The van der Waals surface area contributed by atoms with Gasteiger partial charge in [0.05, 0.1) is 5.54 Å². The highest BCUT2D eigenvalue weighted by Gasteiger charge is 2.39. The first-order chi connectivity index (χ1) is 9.16. The number of rotatable bonds is 5. The number of carbonyl (C=O) groups excluding carboxylic acids is 1. The second kappa shape index (κ2) is 6.74. The van der Waals surface area contributed by atoms with Crippen LogP contribution in [-0.4, -0.2) is 24.5 Å². The molecular weight excluding hydrogens is 236 g/mol. The largest absolute Gasteiger partial charge is 0.354 e. The third-order valence-electron chi connectivity index (χ3n) is 4.95. The topological polar surface area (TPSA) is 41.1 Å². The summed E-state index contributed by atoms with van der Waals surface area (Å²) in [5.41, 5.74) is -0.255. The fraction of sp³-hybridized carbons (Fsp3) is 0.938. The van der Waals surface area contributed by atoms with E-state index in [-0.39, 0.29) is 11.4 Å². The zero-order chi connectivity index (χ0) is 13.7. The maximum Gasteiger partial charge on any atom is 0.240 e. The lowest BCUT2D eigenvalue weighted by Gasteiger charge is -2.31. The van der Waals surface area contributed by atoms with Crippen LogP contribution in [-0.2, 0) is 4.79 Å². The summed E-state index contributed by atoms with van der Waals surface area (Å²) < 4.78 is 0. The van der Waals surface area contributed by atoms with Gasteiger partial charge in [0.2, 0.25) is 5.91 Å². The van der Waals surface area contributed by atoms with Crippen LogP contribution in [0.1, 0.15) is 65.2 Å². The molecule has 0 bridgehead atoms. The molecule has 0 radical (unpaired) electrons. The molecule has 0 aromatic heterocycles. The number of hydrogen-bond acceptors (Lipinski definition) is 2. The molecule has 2 fully saturated rings. The minimum atomic E-state index is -0.255. The normalized spacial score (nSPS) is 35.3. The van der Waals surface area contributed by atoms with Gasteiger partial charge in [0, 0.05) is 6.54 Å². The highest BCUT2D eigenvalue weighted by atomic mass is 16.2. The molecule has 3 atom stereocenters. The summed E-state index contributed by atoms with van der Waals surface area (Å²) in [6.45, 7) is 6.38. The molecule has 1 saturated carbocycles. The van der Waals surface area contributed by atoms with Crippen molar-refractivity contribution in [3.05, 3.63) is 0 Å². The summed E-state index contributed by atoms with van der Waals surface area (Å²) in [6, 6.07) is 0. The summed E-state index contributed by atoms with van der Waals surface area (Å²) in [5.74, 6) is 1.79. The number of amides is 1. The summed E-state index contributed by atoms with van der Waals surface area (Å²) in [6.07, 6.45) is 9.46. The lowest BCUT2D eigenvalue weighted by Crippen LogP contribution is -2.54. The molecule has 1 saturated heterocycles. The Hall–Kier alpha value is -0.570. The van der Waals surface area contributed by atoms with Crippen molar-refractivity contribution >= 4 is 5.91 Å². The molecule has 2 aliphatic rings. The Morgan fingerprint density at radius 3 is 2.84 bits per heavy atom. The van der Waals surface area contributed by atoms with Crippen molar-refractivity contribution in [2.45, 2.75) is 70.8 Å². The molecule has 1 heterocycles. The lowest BCUT2D eigenvalue weighted by atomic mass is 9.82. The third-order valence-corrected chi connectivity index (χ3v) is 4.95. The summed E-state index contributed by atoms with van der Waals surface area (Å²) >= 11 is 0. The van der Waals surface area contributed by atoms with Crippen LogP contribution in [0.5, 0.6) is 0 Å². The van der Waals surface area contributed by atoms with Crippen LogP contribution >= 0.6 is 0 Å². The van der Waals surface area contributed by atoms with Gasteiger partial charge < -0.3 is 10.6 Å². The first kappa shape index (κ1) is 14.8. The quantitative estimate of drug-likeness (QED) is 0.803. The van der Waals surface area contributed by atoms with Crippen molar-refractivity contribution < 1.29 is 4.79 Å². The second-order valence-electron chi connectivity index (χ2n) is 6.71. The Kier molecular flexibility index (Phi) is 5.26. The Morgan fingerprint density at radius 1 is 1.37 bits per heavy atom. The predicted octanol–water partition coefficient (Wildman–Crippen LogP) is 2.85. The summed E-state index contributed by atoms with van der Waals surface area (Å²) in [5, 5.41) is 6.69. The smallest absolute Gasteiger partial charge is 0.240 e. The van der Waals surface area contributed by atoms with E-state index in [9.17, 15) is 4.79 Å². The van der Waals surface area contributed by atoms with Crippen molar-refractivity contribution in [2.75, 3.05) is 13.1 Å². The van der Waals surface area contributed by atoms with Gasteiger partial charge in [-0.3, -0.25) is 4.79 Å². The van der Waals surface area contributed by atoms with Gasteiger partial charge in [-0.15, -0.1) is 0 Å². The molecule has 3 heteroatoms. The van der Waals surface area contributed by atoms with Gasteiger partial charge in [-0.2, -0.15) is 0 Å². The molecule has 1 aliphatic heterocycles. The van der Waals surface area contributed by atoms with Gasteiger partial charge in [-0.25, -0.2) is 0 Å². The Labute approximate surface area is 117 Å². The molecular formula is C16H30N2O. The maximum atomic E-state index is 12.5. The molecule has 2 N–H and O–H groups in total. The van der Waals surface area contributed by atoms with Crippen LogP contribution in [0, 0.1) is 11.8 Å². The fourth-order valence-electron chi connectivity index (χ4n) is 3.91. The predicted molar refractivity (Wildman–Crippen MR) is 79.0 cm³/mol. The minimum Gasteiger partial charge on any atom is -0.354 e. The summed E-state index contributed by atoms with van der Waals surface area (Å²) in [4.78, 5) is 12.5. The van der Waals surface area contributed by atoms with E-state index in [2.05, 4.69) is 24.5 Å². The second-order valence-corrected chi connectivity index (χ2v) is 6.71. The average molecular weight is 266 g/mol. The maximum absolute atomic E-state index is 12.5. The number of nitrogens with one attached hydrogen (secondary N) is 2. The van der Waals surface area contributed by atoms with Crippen molar-refractivity contribution in [1.82, 2.24) is 10.6 Å². The molecule has 0 spiro atoms. The van der Waals surface area contributed by atoms with E-state index in [1.54, 1.807) is 0 Å². The third kappa shape index (κ3) is 3.71. The minimum absolute atomic E-state index is 0.255. The SMILES string of the molecule is CCCC1(C(=O)NCC2CCCC(C)C2)CCCN1. The zero-order valence-electron chi connectivity index (χ0n) is 12.6. The molecule has 0 aromatic rings. The van der Waals surface area contributed by atoms with Crippen LogP contribution in [0.2, 0.25) is 0 Å². The van der Waals surface area contributed by atoms with Crippen LogP contribution in [0.15, 0.2) is 0 Å². The van der Waals surface area contributed by atoms with Gasteiger partial charge >= 0.3 is 0 Å². The molecule has 110 valence electrons.